The Bertz CT molecular complexity index is 718. The summed E-state index contributed by atoms with van der Waals surface area (Å²) >= 11 is 3.13. The van der Waals surface area contributed by atoms with Crippen LogP contribution in [-0.4, -0.2) is 34.6 Å². The minimum absolute atomic E-state index is 0.0781. The van der Waals surface area contributed by atoms with Crippen molar-refractivity contribution in [2.45, 2.75) is 18.9 Å². The summed E-state index contributed by atoms with van der Waals surface area (Å²) in [5.74, 6) is -2.26. The molecule has 0 aliphatic carbocycles. The predicted molar refractivity (Wildman–Crippen MR) is 70.8 cm³/mol. The van der Waals surface area contributed by atoms with E-state index in [2.05, 4.69) is 21.2 Å². The molecule has 20 heavy (non-hydrogen) atoms. The fourth-order valence-corrected chi connectivity index (χ4v) is 2.93. The molecule has 1 atom stereocenters. The van der Waals surface area contributed by atoms with Crippen molar-refractivity contribution in [3.05, 3.63) is 33.8 Å². The fourth-order valence-electron chi connectivity index (χ4n) is 2.41. The molecule has 2 heterocycles. The predicted octanol–water partition coefficient (Wildman–Crippen LogP) is 0.850. The van der Waals surface area contributed by atoms with Gasteiger partial charge in [-0.2, -0.15) is 0 Å². The molecule has 6 nitrogen and oxygen atoms in total. The van der Waals surface area contributed by atoms with Gasteiger partial charge in [0.2, 0.25) is 11.8 Å². The van der Waals surface area contributed by atoms with Crippen LogP contribution in [0.2, 0.25) is 0 Å². The van der Waals surface area contributed by atoms with Gasteiger partial charge in [0.15, 0.2) is 0 Å². The Balaban J connectivity index is 2.02. The van der Waals surface area contributed by atoms with Crippen molar-refractivity contribution in [1.82, 2.24) is 10.2 Å². The highest BCUT2D eigenvalue weighted by Crippen LogP contribution is 2.32. The summed E-state index contributed by atoms with van der Waals surface area (Å²) in [7, 11) is 0. The van der Waals surface area contributed by atoms with Crippen LogP contribution in [0.1, 0.15) is 34.9 Å². The topological polar surface area (TPSA) is 83.6 Å². The smallest absolute Gasteiger partial charge is 0.263 e. The molecular formula is C13H9BrN2O4. The lowest BCUT2D eigenvalue weighted by atomic mass is 10.0. The Morgan fingerprint density at radius 2 is 2.05 bits per heavy atom. The second-order valence-corrected chi connectivity index (χ2v) is 5.32. The molecule has 102 valence electrons. The summed E-state index contributed by atoms with van der Waals surface area (Å²) < 4.78 is 7.90. The van der Waals surface area contributed by atoms with Crippen LogP contribution in [0, 0.1) is 0 Å². The third-order valence-electron chi connectivity index (χ3n) is 3.35. The molecule has 0 radical (unpaired) electrons. The first-order valence-electron chi connectivity index (χ1n) is 6.42. The number of nitrogens with one attached hydrogen (secondary N) is 1. The van der Waals surface area contributed by atoms with E-state index in [0.29, 0.717) is 0 Å². The molecule has 0 aromatic heterocycles. The van der Waals surface area contributed by atoms with Gasteiger partial charge in [0.25, 0.3) is 11.8 Å². The van der Waals surface area contributed by atoms with E-state index >= 15 is 0 Å². The molecule has 1 aromatic carbocycles. The summed E-state index contributed by atoms with van der Waals surface area (Å²) in [5, 5.41) is 2.13. The van der Waals surface area contributed by atoms with Crippen molar-refractivity contribution in [3.63, 3.8) is 0 Å². The number of amides is 4. The van der Waals surface area contributed by atoms with Crippen molar-refractivity contribution >= 4 is 39.6 Å². The molecule has 4 amide bonds. The molecule has 7 heteroatoms. The molecule has 1 N–H and O–H groups in total. The first-order valence-corrected chi connectivity index (χ1v) is 6.72. The van der Waals surface area contributed by atoms with Crippen LogP contribution in [0.5, 0.6) is 0 Å². The zero-order valence-electron chi connectivity index (χ0n) is 11.1. The first-order chi connectivity index (χ1) is 9.91. The zero-order chi connectivity index (χ0) is 15.3. The van der Waals surface area contributed by atoms with E-state index in [0.717, 1.165) is 4.90 Å². The summed E-state index contributed by atoms with van der Waals surface area (Å²) in [6.45, 7) is 0. The SMILES string of the molecule is [2H]c1ccc2c(c1Br)C(=O)N(C1CCC(=O)NC1=O)C2=O. The molecule has 2 aliphatic heterocycles. The molecule has 3 rings (SSSR count). The molecule has 1 saturated heterocycles. The quantitative estimate of drug-likeness (QED) is 0.770. The molecule has 0 bridgehead atoms. The Morgan fingerprint density at radius 3 is 2.75 bits per heavy atom. The minimum Gasteiger partial charge on any atom is -0.295 e. The molecule has 2 aliphatic rings. The Labute approximate surface area is 123 Å². The number of carbonyl (C=O) groups excluding carboxylic acids is 4. The third kappa shape index (κ3) is 1.77. The maximum Gasteiger partial charge on any atom is 0.263 e. The number of nitrogens with zero attached hydrogens (tertiary/aromatic N) is 1. The number of imide groups is 2. The Hall–Kier alpha value is -2.02. The third-order valence-corrected chi connectivity index (χ3v) is 3.98. The van der Waals surface area contributed by atoms with Gasteiger partial charge in [-0.1, -0.05) is 6.07 Å². The average molecular weight is 338 g/mol. The lowest BCUT2D eigenvalue weighted by Gasteiger charge is -2.27. The van der Waals surface area contributed by atoms with Crippen molar-refractivity contribution < 1.29 is 20.5 Å². The van der Waals surface area contributed by atoms with E-state index < -0.39 is 29.7 Å². The molecule has 1 aromatic rings. The standard InChI is InChI=1S/C13H9BrN2O4/c14-7-3-1-2-6-10(7)13(20)16(12(6)19)8-4-5-9(17)15-11(8)18/h1-3,8H,4-5H2,(H,15,17,18)/i3D. The number of hydrogen-bond donors (Lipinski definition) is 1. The number of halogens is 1. The Morgan fingerprint density at radius 1 is 1.30 bits per heavy atom. The van der Waals surface area contributed by atoms with Crippen LogP contribution >= 0.6 is 15.9 Å². The number of rotatable bonds is 1. The van der Waals surface area contributed by atoms with Crippen molar-refractivity contribution in [2.75, 3.05) is 0 Å². The van der Waals surface area contributed by atoms with E-state index in [1.54, 1.807) is 0 Å². The number of hydrogen-bond acceptors (Lipinski definition) is 4. The maximum absolute atomic E-state index is 12.4. The number of fused-ring (bicyclic) bond motifs is 1. The van der Waals surface area contributed by atoms with Crippen molar-refractivity contribution in [1.29, 1.82) is 0 Å². The van der Waals surface area contributed by atoms with Gasteiger partial charge < -0.3 is 0 Å². The summed E-state index contributed by atoms with van der Waals surface area (Å²) in [6, 6.07) is 1.90. The van der Waals surface area contributed by atoms with Crippen molar-refractivity contribution in [2.24, 2.45) is 0 Å². The lowest BCUT2D eigenvalue weighted by Crippen LogP contribution is -2.54. The van der Waals surface area contributed by atoms with E-state index in [4.69, 9.17) is 1.37 Å². The fraction of sp³-hybridized carbons (Fsp3) is 0.231. The van der Waals surface area contributed by atoms with Crippen molar-refractivity contribution in [3.8, 4) is 0 Å². The van der Waals surface area contributed by atoms with Gasteiger partial charge in [0.1, 0.15) is 6.04 Å². The average Bonchev–Trinajstić information content (AvgIpc) is 2.67. The molecular weight excluding hydrogens is 328 g/mol. The number of piperidine rings is 1. The highest BCUT2D eigenvalue weighted by molar-refractivity contribution is 9.10. The molecule has 1 fully saturated rings. The zero-order valence-corrected chi connectivity index (χ0v) is 11.7. The van der Waals surface area contributed by atoms with Gasteiger partial charge in [-0.05, 0) is 34.5 Å². The van der Waals surface area contributed by atoms with Gasteiger partial charge in [-0.3, -0.25) is 29.4 Å². The van der Waals surface area contributed by atoms with Crippen LogP contribution in [-0.2, 0) is 9.59 Å². The van der Waals surface area contributed by atoms with E-state index in [1.165, 1.54) is 12.1 Å². The van der Waals surface area contributed by atoms with Gasteiger partial charge in [0, 0.05) is 10.9 Å². The summed E-state index contributed by atoms with van der Waals surface area (Å²) in [5.41, 5.74) is 0.254. The van der Waals surface area contributed by atoms with Crippen LogP contribution in [0.4, 0.5) is 0 Å². The normalized spacial score (nSPS) is 22.8. The minimum atomic E-state index is -0.990. The highest BCUT2D eigenvalue weighted by atomic mass is 79.9. The van der Waals surface area contributed by atoms with Crippen LogP contribution < -0.4 is 5.32 Å². The summed E-state index contributed by atoms with van der Waals surface area (Å²) in [4.78, 5) is 48.7. The van der Waals surface area contributed by atoms with Crippen LogP contribution in [0.3, 0.4) is 0 Å². The highest BCUT2D eigenvalue weighted by Gasteiger charge is 2.45. The second-order valence-electron chi connectivity index (χ2n) is 4.53. The van der Waals surface area contributed by atoms with Gasteiger partial charge in [0.05, 0.1) is 12.5 Å². The van der Waals surface area contributed by atoms with Gasteiger partial charge >= 0.3 is 0 Å². The summed E-state index contributed by atoms with van der Waals surface area (Å²) in [6.07, 6.45) is 0.191. The van der Waals surface area contributed by atoms with Crippen LogP contribution in [0.25, 0.3) is 0 Å². The first kappa shape index (κ1) is 11.8. The maximum atomic E-state index is 12.4. The molecule has 1 unspecified atom stereocenters. The van der Waals surface area contributed by atoms with Gasteiger partial charge in [-0.25, -0.2) is 0 Å². The Kier molecular flexibility index (Phi) is 2.66. The number of carbonyl (C=O) groups is 4. The second kappa shape index (κ2) is 4.52. The van der Waals surface area contributed by atoms with E-state index in [1.807, 2.05) is 0 Å². The molecule has 0 saturated carbocycles. The van der Waals surface area contributed by atoms with Crippen LogP contribution in [0.15, 0.2) is 22.6 Å². The number of benzene rings is 1. The van der Waals surface area contributed by atoms with E-state index in [9.17, 15) is 19.2 Å². The molecule has 0 spiro atoms. The lowest BCUT2D eigenvalue weighted by molar-refractivity contribution is -0.136. The largest absolute Gasteiger partial charge is 0.295 e. The monoisotopic (exact) mass is 337 g/mol. The van der Waals surface area contributed by atoms with E-state index in [-0.39, 0.29) is 34.5 Å². The van der Waals surface area contributed by atoms with Gasteiger partial charge in [-0.15, -0.1) is 0 Å².